The van der Waals surface area contributed by atoms with Gasteiger partial charge >= 0.3 is 0 Å². The average Bonchev–Trinajstić information content (AvgIpc) is 3.46. The predicted octanol–water partition coefficient (Wildman–Crippen LogP) is 3.41. The number of rotatable bonds is 14. The number of alkyl halides is 4. The van der Waals surface area contributed by atoms with Crippen LogP contribution in [0.3, 0.4) is 0 Å². The van der Waals surface area contributed by atoms with Crippen LogP contribution in [0.4, 0.5) is 17.6 Å². The molecule has 13 heteroatoms. The maximum absolute atomic E-state index is 13.0. The summed E-state index contributed by atoms with van der Waals surface area (Å²) in [5, 5.41) is 10.5. The first-order valence-electron chi connectivity index (χ1n) is 14.0. The molecule has 2 unspecified atom stereocenters. The number of aldehydes is 1. The van der Waals surface area contributed by atoms with Gasteiger partial charge in [-0.25, -0.2) is 22.2 Å². The number of ether oxygens (including phenoxy) is 1. The Morgan fingerprint density at radius 2 is 1.86 bits per heavy atom. The Bertz CT molecular complexity index is 1230. The molecule has 2 atom stereocenters. The third-order valence-electron chi connectivity index (χ3n) is 7.37. The van der Waals surface area contributed by atoms with Gasteiger partial charge in [0.2, 0.25) is 0 Å². The summed E-state index contributed by atoms with van der Waals surface area (Å²) in [5.41, 5.74) is 10.3. The zero-order valence-corrected chi connectivity index (χ0v) is 24.0. The number of nitrogens with zero attached hydrogens (tertiary/aromatic N) is 4. The number of methoxy groups -OCH3 is 1. The first kappa shape index (κ1) is 33.5. The van der Waals surface area contributed by atoms with E-state index in [0.717, 1.165) is 29.5 Å². The molecule has 0 amide bonds. The molecule has 1 aliphatic rings. The number of carbonyl (C=O) groups excluding carboxylic acids is 1. The number of hydrogen-bond acceptors (Lipinski definition) is 9. The second-order valence-corrected chi connectivity index (χ2v) is 10.2. The summed E-state index contributed by atoms with van der Waals surface area (Å²) in [5.74, 6) is 0. The molecule has 4 rings (SSSR count). The lowest BCUT2D eigenvalue weighted by molar-refractivity contribution is 0.0130. The highest BCUT2D eigenvalue weighted by atomic mass is 19.3. The van der Waals surface area contributed by atoms with E-state index in [1.807, 2.05) is 35.2 Å². The van der Waals surface area contributed by atoms with Crippen molar-refractivity contribution in [3.63, 3.8) is 0 Å². The second-order valence-electron chi connectivity index (χ2n) is 10.2. The molecule has 232 valence electrons. The van der Waals surface area contributed by atoms with Crippen molar-refractivity contribution in [2.75, 3.05) is 52.9 Å². The van der Waals surface area contributed by atoms with E-state index in [1.54, 1.807) is 18.1 Å². The van der Waals surface area contributed by atoms with E-state index in [4.69, 9.17) is 10.5 Å². The monoisotopic (exact) mass is 596 g/mol. The Labute approximate surface area is 243 Å². The van der Waals surface area contributed by atoms with Crippen molar-refractivity contribution in [2.24, 2.45) is 5.73 Å². The van der Waals surface area contributed by atoms with Gasteiger partial charge in [0.25, 0.3) is 12.9 Å². The van der Waals surface area contributed by atoms with Crippen LogP contribution in [0.1, 0.15) is 34.0 Å². The molecule has 0 bridgehead atoms. The van der Waals surface area contributed by atoms with E-state index in [2.05, 4.69) is 20.3 Å². The molecule has 2 heterocycles. The van der Waals surface area contributed by atoms with Gasteiger partial charge < -0.3 is 15.8 Å². The van der Waals surface area contributed by atoms with Crippen molar-refractivity contribution < 1.29 is 31.7 Å². The molecule has 1 fully saturated rings. The summed E-state index contributed by atoms with van der Waals surface area (Å²) < 4.78 is 61.3. The standard InChI is InChI=1S/C16H24F2N2O2.C13H16F2N4O/c1-12(16(17)18)20(8-6-19)7-5-13-3-4-14(10-21)15(9-13)11-22-2;14-13(15)12-8-16-4-6-19(12)5-3-9-1-2-10-11(7-9)18-20-17-10/h3-4,9-10,12,16H,5-8,11,19H2,1-2H3;1-2,7,12-13,16H,3-6,8H2. The van der Waals surface area contributed by atoms with E-state index in [1.165, 1.54) is 6.92 Å². The minimum absolute atomic E-state index is 0.343. The van der Waals surface area contributed by atoms with Crippen molar-refractivity contribution in [1.29, 1.82) is 0 Å². The third kappa shape index (κ3) is 9.80. The summed E-state index contributed by atoms with van der Waals surface area (Å²) in [6.07, 6.45) is -2.59. The van der Waals surface area contributed by atoms with Crippen LogP contribution in [0.2, 0.25) is 0 Å². The average molecular weight is 597 g/mol. The van der Waals surface area contributed by atoms with Crippen molar-refractivity contribution in [3.8, 4) is 0 Å². The fourth-order valence-electron chi connectivity index (χ4n) is 4.88. The molecule has 3 aromatic rings. The molecule has 1 aliphatic heterocycles. The van der Waals surface area contributed by atoms with Gasteiger partial charge in [-0.3, -0.25) is 14.6 Å². The minimum atomic E-state index is -2.40. The number of nitrogens with one attached hydrogen (secondary N) is 1. The zero-order valence-electron chi connectivity index (χ0n) is 24.0. The molecular weight excluding hydrogens is 556 g/mol. The topological polar surface area (TPSA) is 110 Å². The van der Waals surface area contributed by atoms with Gasteiger partial charge in [-0.1, -0.05) is 24.3 Å². The Morgan fingerprint density at radius 3 is 2.55 bits per heavy atom. The van der Waals surface area contributed by atoms with Crippen molar-refractivity contribution in [2.45, 2.75) is 51.3 Å². The van der Waals surface area contributed by atoms with Gasteiger partial charge in [-0.05, 0) is 58.9 Å². The van der Waals surface area contributed by atoms with Crippen LogP contribution in [0.15, 0.2) is 41.0 Å². The SMILES string of the molecule is COCc1cc(CCN(CCN)C(C)C(F)F)ccc1C=O.FC(F)C1CNCCN1CCc1ccc2nonc2c1. The van der Waals surface area contributed by atoms with Crippen LogP contribution in [0.25, 0.3) is 11.0 Å². The number of aromatic nitrogens is 2. The Balaban J connectivity index is 0.000000231. The molecular formula is C29H40F4N6O3. The highest BCUT2D eigenvalue weighted by Gasteiger charge is 2.29. The van der Waals surface area contributed by atoms with Crippen LogP contribution < -0.4 is 11.1 Å². The van der Waals surface area contributed by atoms with E-state index in [-0.39, 0.29) is 0 Å². The van der Waals surface area contributed by atoms with Crippen molar-refractivity contribution >= 4 is 17.3 Å². The molecule has 0 saturated carbocycles. The summed E-state index contributed by atoms with van der Waals surface area (Å²) in [6.45, 7) is 5.51. The first-order chi connectivity index (χ1) is 20.3. The molecule has 0 radical (unpaired) electrons. The number of fused-ring (bicyclic) bond motifs is 1. The lowest BCUT2D eigenvalue weighted by Gasteiger charge is -2.35. The van der Waals surface area contributed by atoms with Crippen molar-refractivity contribution in [1.82, 2.24) is 25.4 Å². The van der Waals surface area contributed by atoms with Crippen LogP contribution in [0.5, 0.6) is 0 Å². The zero-order chi connectivity index (χ0) is 30.5. The lowest BCUT2D eigenvalue weighted by atomic mass is 10.0. The summed E-state index contributed by atoms with van der Waals surface area (Å²) >= 11 is 0. The van der Waals surface area contributed by atoms with Gasteiger partial charge in [0.05, 0.1) is 18.7 Å². The van der Waals surface area contributed by atoms with E-state index in [0.29, 0.717) is 75.3 Å². The predicted molar refractivity (Wildman–Crippen MR) is 152 cm³/mol. The molecule has 1 saturated heterocycles. The molecule has 0 aliphatic carbocycles. The minimum Gasteiger partial charge on any atom is -0.380 e. The van der Waals surface area contributed by atoms with E-state index < -0.39 is 24.9 Å². The maximum atomic E-state index is 13.0. The first-order valence-corrected chi connectivity index (χ1v) is 14.0. The number of carbonyl (C=O) groups is 1. The van der Waals surface area contributed by atoms with E-state index in [9.17, 15) is 22.4 Å². The van der Waals surface area contributed by atoms with Crippen LogP contribution in [-0.2, 0) is 24.2 Å². The summed E-state index contributed by atoms with van der Waals surface area (Å²) in [7, 11) is 1.56. The summed E-state index contributed by atoms with van der Waals surface area (Å²) in [6, 6.07) is 9.62. The molecule has 1 aromatic heterocycles. The number of benzene rings is 2. The number of hydrogen-bond donors (Lipinski definition) is 2. The highest BCUT2D eigenvalue weighted by molar-refractivity contribution is 5.77. The quantitative estimate of drug-likeness (QED) is 0.214. The Hall–Kier alpha value is -2.97. The summed E-state index contributed by atoms with van der Waals surface area (Å²) in [4.78, 5) is 14.5. The Morgan fingerprint density at radius 1 is 1.12 bits per heavy atom. The third-order valence-corrected chi connectivity index (χ3v) is 7.37. The smallest absolute Gasteiger partial charge is 0.255 e. The Kier molecular flexibility index (Phi) is 13.7. The number of nitrogens with two attached hydrogens (primary N) is 1. The van der Waals surface area contributed by atoms with Crippen LogP contribution in [0, 0.1) is 0 Å². The molecule has 42 heavy (non-hydrogen) atoms. The van der Waals surface area contributed by atoms with Crippen LogP contribution >= 0.6 is 0 Å². The van der Waals surface area contributed by atoms with Gasteiger partial charge in [0.15, 0.2) is 0 Å². The maximum Gasteiger partial charge on any atom is 0.255 e. The highest BCUT2D eigenvalue weighted by Crippen LogP contribution is 2.17. The van der Waals surface area contributed by atoms with Gasteiger partial charge in [-0.15, -0.1) is 0 Å². The van der Waals surface area contributed by atoms with Gasteiger partial charge in [0.1, 0.15) is 17.3 Å². The normalized spacial score (nSPS) is 16.7. The van der Waals surface area contributed by atoms with Crippen molar-refractivity contribution in [3.05, 3.63) is 58.7 Å². The van der Waals surface area contributed by atoms with Gasteiger partial charge in [-0.2, -0.15) is 0 Å². The lowest BCUT2D eigenvalue weighted by Crippen LogP contribution is -2.54. The molecule has 3 N–H and O–H groups in total. The fourth-order valence-corrected chi connectivity index (χ4v) is 4.88. The fraction of sp³-hybridized carbons (Fsp3) is 0.552. The number of piperazine rings is 1. The molecule has 0 spiro atoms. The van der Waals surface area contributed by atoms with Gasteiger partial charge in [0, 0.05) is 58.5 Å². The van der Waals surface area contributed by atoms with Crippen LogP contribution in [-0.4, -0.2) is 104 Å². The number of halogens is 4. The largest absolute Gasteiger partial charge is 0.380 e. The molecule has 2 aromatic carbocycles. The van der Waals surface area contributed by atoms with E-state index >= 15 is 0 Å². The molecule has 9 nitrogen and oxygen atoms in total. The second kappa shape index (κ2) is 17.2.